The van der Waals surface area contributed by atoms with Gasteiger partial charge < -0.3 is 10.4 Å². The van der Waals surface area contributed by atoms with Crippen molar-refractivity contribution in [3.05, 3.63) is 47.0 Å². The summed E-state index contributed by atoms with van der Waals surface area (Å²) in [7, 11) is 0. The monoisotopic (exact) mass is 249 g/mol. The van der Waals surface area contributed by atoms with Crippen LogP contribution >= 0.6 is 0 Å². The standard InChI is InChI=1S/C13H16FN3O/c1-8-10(7-16-17-8)6-15-9(2)12-5-11(14)3-4-13(12)18/h3-5,7,9,15,18H,6H2,1-2H3,(H,16,17). The van der Waals surface area contributed by atoms with Gasteiger partial charge in [-0.25, -0.2) is 4.39 Å². The van der Waals surface area contributed by atoms with E-state index in [0.29, 0.717) is 12.1 Å². The maximum absolute atomic E-state index is 13.1. The Morgan fingerprint density at radius 2 is 2.28 bits per heavy atom. The Hall–Kier alpha value is -1.88. The minimum atomic E-state index is -0.351. The van der Waals surface area contributed by atoms with E-state index in [1.807, 2.05) is 13.8 Å². The summed E-state index contributed by atoms with van der Waals surface area (Å²) in [6.45, 7) is 4.43. The number of aromatic nitrogens is 2. The van der Waals surface area contributed by atoms with E-state index in [9.17, 15) is 9.50 Å². The topological polar surface area (TPSA) is 60.9 Å². The summed E-state index contributed by atoms with van der Waals surface area (Å²) in [4.78, 5) is 0. The fraction of sp³-hybridized carbons (Fsp3) is 0.308. The molecule has 0 saturated heterocycles. The van der Waals surface area contributed by atoms with Gasteiger partial charge >= 0.3 is 0 Å². The molecule has 0 aliphatic heterocycles. The molecule has 18 heavy (non-hydrogen) atoms. The number of halogens is 1. The largest absolute Gasteiger partial charge is 0.508 e. The quantitative estimate of drug-likeness (QED) is 0.779. The van der Waals surface area contributed by atoms with E-state index in [1.54, 1.807) is 6.20 Å². The van der Waals surface area contributed by atoms with Crippen LogP contribution in [0.4, 0.5) is 4.39 Å². The normalized spacial score (nSPS) is 12.6. The highest BCUT2D eigenvalue weighted by Crippen LogP contribution is 2.24. The van der Waals surface area contributed by atoms with E-state index >= 15 is 0 Å². The molecule has 0 spiro atoms. The highest BCUT2D eigenvalue weighted by atomic mass is 19.1. The summed E-state index contributed by atoms with van der Waals surface area (Å²) < 4.78 is 13.1. The lowest BCUT2D eigenvalue weighted by Gasteiger charge is -2.15. The number of phenolic OH excluding ortho intramolecular Hbond substituents is 1. The second-order valence-electron chi connectivity index (χ2n) is 4.33. The first-order chi connectivity index (χ1) is 8.58. The summed E-state index contributed by atoms with van der Waals surface area (Å²) in [5, 5.41) is 19.7. The number of aromatic hydroxyl groups is 1. The first-order valence-corrected chi connectivity index (χ1v) is 5.78. The molecule has 0 bridgehead atoms. The molecular formula is C13H16FN3O. The molecule has 1 atom stereocenters. The Balaban J connectivity index is 2.06. The van der Waals surface area contributed by atoms with E-state index in [4.69, 9.17) is 0 Å². The van der Waals surface area contributed by atoms with E-state index < -0.39 is 0 Å². The molecule has 96 valence electrons. The van der Waals surface area contributed by atoms with Crippen LogP contribution in [-0.4, -0.2) is 15.3 Å². The maximum atomic E-state index is 13.1. The molecule has 2 aromatic rings. The fourth-order valence-corrected chi connectivity index (χ4v) is 1.80. The van der Waals surface area contributed by atoms with Crippen molar-refractivity contribution in [1.29, 1.82) is 0 Å². The lowest BCUT2D eigenvalue weighted by molar-refractivity contribution is 0.449. The van der Waals surface area contributed by atoms with Crippen molar-refractivity contribution in [2.75, 3.05) is 0 Å². The number of aromatic amines is 1. The molecule has 0 fully saturated rings. The van der Waals surface area contributed by atoms with Crippen LogP contribution in [0.25, 0.3) is 0 Å². The summed E-state index contributed by atoms with van der Waals surface area (Å²) in [5.74, 6) is -0.253. The molecule has 1 unspecified atom stereocenters. The first-order valence-electron chi connectivity index (χ1n) is 5.78. The van der Waals surface area contributed by atoms with Gasteiger partial charge in [0.25, 0.3) is 0 Å². The average Bonchev–Trinajstić information content (AvgIpc) is 2.75. The van der Waals surface area contributed by atoms with Gasteiger partial charge in [0.15, 0.2) is 0 Å². The van der Waals surface area contributed by atoms with Gasteiger partial charge in [-0.2, -0.15) is 5.10 Å². The van der Waals surface area contributed by atoms with Crippen LogP contribution in [0.15, 0.2) is 24.4 Å². The Morgan fingerprint density at radius 3 is 2.94 bits per heavy atom. The molecule has 1 heterocycles. The van der Waals surface area contributed by atoms with Gasteiger partial charge in [0, 0.05) is 29.4 Å². The van der Waals surface area contributed by atoms with Gasteiger partial charge in [0.05, 0.1) is 6.20 Å². The van der Waals surface area contributed by atoms with Crippen molar-refractivity contribution < 1.29 is 9.50 Å². The third kappa shape index (κ3) is 2.68. The smallest absolute Gasteiger partial charge is 0.123 e. The Labute approximate surface area is 105 Å². The second-order valence-corrected chi connectivity index (χ2v) is 4.33. The maximum Gasteiger partial charge on any atom is 0.123 e. The van der Waals surface area contributed by atoms with Crippen molar-refractivity contribution in [2.24, 2.45) is 0 Å². The summed E-state index contributed by atoms with van der Waals surface area (Å²) in [6.07, 6.45) is 1.75. The zero-order chi connectivity index (χ0) is 13.1. The Bertz CT molecular complexity index is 539. The average molecular weight is 249 g/mol. The van der Waals surface area contributed by atoms with Crippen molar-refractivity contribution in [2.45, 2.75) is 26.4 Å². The van der Waals surface area contributed by atoms with Crippen LogP contribution in [0.5, 0.6) is 5.75 Å². The van der Waals surface area contributed by atoms with Crippen molar-refractivity contribution in [1.82, 2.24) is 15.5 Å². The minimum absolute atomic E-state index is 0.0975. The predicted octanol–water partition coefficient (Wildman–Crippen LogP) is 2.41. The Morgan fingerprint density at radius 1 is 1.50 bits per heavy atom. The van der Waals surface area contributed by atoms with E-state index in [1.165, 1.54) is 18.2 Å². The van der Waals surface area contributed by atoms with Crippen molar-refractivity contribution >= 4 is 0 Å². The SMILES string of the molecule is Cc1[nH]ncc1CNC(C)c1cc(F)ccc1O. The third-order valence-corrected chi connectivity index (χ3v) is 2.99. The number of benzene rings is 1. The lowest BCUT2D eigenvalue weighted by Crippen LogP contribution is -2.18. The van der Waals surface area contributed by atoms with Crippen LogP contribution in [0.3, 0.4) is 0 Å². The molecular weight excluding hydrogens is 233 g/mol. The predicted molar refractivity (Wildman–Crippen MR) is 66.6 cm³/mol. The molecule has 1 aromatic carbocycles. The molecule has 2 rings (SSSR count). The van der Waals surface area contributed by atoms with Gasteiger partial charge in [-0.05, 0) is 32.0 Å². The number of hydrogen-bond acceptors (Lipinski definition) is 3. The van der Waals surface area contributed by atoms with Crippen LogP contribution in [-0.2, 0) is 6.54 Å². The summed E-state index contributed by atoms with van der Waals surface area (Å²) >= 11 is 0. The van der Waals surface area contributed by atoms with Gasteiger partial charge in [0.2, 0.25) is 0 Å². The van der Waals surface area contributed by atoms with E-state index in [2.05, 4.69) is 15.5 Å². The van der Waals surface area contributed by atoms with Crippen LogP contribution in [0.2, 0.25) is 0 Å². The molecule has 5 heteroatoms. The van der Waals surface area contributed by atoms with Crippen LogP contribution in [0, 0.1) is 12.7 Å². The number of phenols is 1. The van der Waals surface area contributed by atoms with Crippen LogP contribution < -0.4 is 5.32 Å². The van der Waals surface area contributed by atoms with Gasteiger partial charge in [-0.3, -0.25) is 5.10 Å². The number of nitrogens with zero attached hydrogens (tertiary/aromatic N) is 1. The zero-order valence-corrected chi connectivity index (χ0v) is 10.4. The van der Waals surface area contributed by atoms with Crippen LogP contribution in [0.1, 0.15) is 29.8 Å². The highest BCUT2D eigenvalue weighted by Gasteiger charge is 2.11. The zero-order valence-electron chi connectivity index (χ0n) is 10.4. The molecule has 0 radical (unpaired) electrons. The number of nitrogens with one attached hydrogen (secondary N) is 2. The van der Waals surface area contributed by atoms with Gasteiger partial charge in [-0.15, -0.1) is 0 Å². The van der Waals surface area contributed by atoms with Gasteiger partial charge in [-0.1, -0.05) is 0 Å². The first kappa shape index (κ1) is 12.6. The molecule has 0 saturated carbocycles. The van der Waals surface area contributed by atoms with Crippen molar-refractivity contribution in [3.8, 4) is 5.75 Å². The fourth-order valence-electron chi connectivity index (χ4n) is 1.80. The summed E-state index contributed by atoms with van der Waals surface area (Å²) in [6, 6.07) is 3.81. The number of hydrogen-bond donors (Lipinski definition) is 3. The van der Waals surface area contributed by atoms with E-state index in [0.717, 1.165) is 11.3 Å². The molecule has 3 N–H and O–H groups in total. The van der Waals surface area contributed by atoms with Gasteiger partial charge in [0.1, 0.15) is 11.6 Å². The molecule has 0 aliphatic carbocycles. The third-order valence-electron chi connectivity index (χ3n) is 2.99. The lowest BCUT2D eigenvalue weighted by atomic mass is 10.1. The van der Waals surface area contributed by atoms with Crippen molar-refractivity contribution in [3.63, 3.8) is 0 Å². The highest BCUT2D eigenvalue weighted by molar-refractivity contribution is 5.35. The number of aryl methyl sites for hydroxylation is 1. The molecule has 1 aromatic heterocycles. The van der Waals surface area contributed by atoms with E-state index in [-0.39, 0.29) is 17.6 Å². The minimum Gasteiger partial charge on any atom is -0.508 e. The second kappa shape index (κ2) is 5.18. The number of H-pyrrole nitrogens is 1. The Kier molecular flexibility index (Phi) is 3.62. The molecule has 0 amide bonds. The molecule has 4 nitrogen and oxygen atoms in total. The molecule has 0 aliphatic rings. The number of rotatable bonds is 4. The summed E-state index contributed by atoms with van der Waals surface area (Å²) in [5.41, 5.74) is 2.60.